The topological polar surface area (TPSA) is 457 Å². The van der Waals surface area contributed by atoms with Gasteiger partial charge in [0.2, 0.25) is 5.78 Å². The maximum Gasteiger partial charge on any atom is 0.416 e. The van der Waals surface area contributed by atoms with E-state index in [-0.39, 0.29) is 61.2 Å². The van der Waals surface area contributed by atoms with Crippen molar-refractivity contribution < 1.29 is 167 Å². The Morgan fingerprint density at radius 3 is 1.11 bits per heavy atom. The molecule has 0 bridgehead atoms. The fraction of sp³-hybridized carbons (Fsp3) is 0.0652. The number of alkyl halides is 15. The molecule has 58 heteroatoms. The average molecular weight is 2230 g/mol. The summed E-state index contributed by atoms with van der Waals surface area (Å²) in [6.45, 7) is 0. The van der Waals surface area contributed by atoms with E-state index < -0.39 is 237 Å². The summed E-state index contributed by atoms with van der Waals surface area (Å²) in [6.07, 6.45) is -16.9. The van der Waals surface area contributed by atoms with Crippen LogP contribution >= 0.6 is 10.7 Å². The van der Waals surface area contributed by atoms with Crippen molar-refractivity contribution in [2.75, 3.05) is 24.6 Å². The van der Waals surface area contributed by atoms with Crippen LogP contribution in [-0.4, -0.2) is 89.2 Å². The number of nitriles is 3. The molecule has 0 radical (unpaired) electrons. The van der Waals surface area contributed by atoms with E-state index in [1.807, 2.05) is 32.4 Å². The number of carbonyl (C=O) groups excluding carboxylic acids is 2. The Bertz CT molecular complexity index is 8540. The van der Waals surface area contributed by atoms with Gasteiger partial charge in [0, 0.05) is 81.7 Å². The number of aromatic nitrogens is 6. The second-order valence-electron chi connectivity index (χ2n) is 29.6. The van der Waals surface area contributed by atoms with Crippen molar-refractivity contribution in [1.29, 1.82) is 15.8 Å². The molecule has 1 unspecified atom stereocenters. The Balaban J connectivity index is 0.000000187. The molecular formula is C92H54ClF25N14O13S5. The lowest BCUT2D eigenvalue weighted by molar-refractivity contribution is -0.138. The van der Waals surface area contributed by atoms with Crippen molar-refractivity contribution >= 4 is 133 Å². The van der Waals surface area contributed by atoms with Crippen molar-refractivity contribution in [3.05, 3.63) is 386 Å². The van der Waals surface area contributed by atoms with Crippen molar-refractivity contribution in [2.45, 2.75) is 61.5 Å². The first kappa shape index (κ1) is 115. The van der Waals surface area contributed by atoms with E-state index in [1.165, 1.54) is 36.8 Å². The Labute approximate surface area is 831 Å². The molecule has 0 saturated carbocycles. The van der Waals surface area contributed by atoms with Crippen LogP contribution in [0.5, 0.6) is 0 Å². The monoisotopic (exact) mass is 2230 g/mol. The van der Waals surface area contributed by atoms with Gasteiger partial charge in [-0.05, 0) is 206 Å². The maximum atomic E-state index is 15.3. The van der Waals surface area contributed by atoms with Crippen LogP contribution in [0.25, 0.3) is 33.1 Å². The molecule has 6 aromatic heterocycles. The van der Waals surface area contributed by atoms with E-state index in [1.54, 1.807) is 23.2 Å². The summed E-state index contributed by atoms with van der Waals surface area (Å²) in [5.41, 5.74) is -4.46. The zero-order chi connectivity index (χ0) is 111. The zero-order valence-electron chi connectivity index (χ0n) is 73.4. The van der Waals surface area contributed by atoms with Crippen LogP contribution in [0.3, 0.4) is 0 Å². The summed E-state index contributed by atoms with van der Waals surface area (Å²) < 4.78 is 451. The molecule has 10 N–H and O–H groups in total. The molecule has 782 valence electrons. The standard InChI is InChI=1S/C22H13F5N4O3S.C22H11F5N4O3S.C14H8F5NO3S.C13H8F5NO2S.C8H5N3.C7H4ClF3O2S.C6H5F2N/c2*23-15-5-6-16(31-35(33,34)13-3-1-12(2-4-13)22(25,26)27)19(24)18(15)20(32)14-10-30-21-17(14)11(9-28)7-8-29-21;15-11-5-6-12(13(16)10(11)7-21)20-24(22,23)9-3-1-8(2-4-9)14(17,18)19;14-9-3-6-12(11(15)7-9)19-22(20,21)10-4-1-8(2-5-10)13(16,17)18;9-5-6-1-3-10-8-7(6)2-4-11-8;8-14(12,13)6-3-1-5(2-4-6)7(9,10)11;7-4-1-2-6(9)5(8)3-4/h1-8,10,20,31-32H,(H,29,30);1-8,10,31H,(H,29,30);1-7,20H;1-7,19H;1-4H,(H,10,11);1-4H;1-3H,9H2. The fourth-order valence-corrected chi connectivity index (χ4v) is 17.6. The number of H-pyrrole nitrogens is 3. The van der Waals surface area contributed by atoms with E-state index in [2.05, 4.69) is 36.0 Å². The van der Waals surface area contributed by atoms with Gasteiger partial charge in [0.05, 0.1) is 138 Å². The van der Waals surface area contributed by atoms with Gasteiger partial charge in [-0.1, -0.05) is 0 Å². The van der Waals surface area contributed by atoms with E-state index in [0.29, 0.717) is 127 Å². The molecule has 10 aromatic carbocycles. The number of pyridine rings is 3. The number of hydrogen-bond acceptors (Lipinski definition) is 20. The number of sulfonamides is 4. The quantitative estimate of drug-likeness (QED) is 0.0127. The Morgan fingerprint density at radius 2 is 0.720 bits per heavy atom. The lowest BCUT2D eigenvalue weighted by Crippen LogP contribution is -2.17. The summed E-state index contributed by atoms with van der Waals surface area (Å²) in [6, 6.07) is 34.5. The highest BCUT2D eigenvalue weighted by atomic mass is 35.7. The number of fused-ring (bicyclic) bond motifs is 3. The number of aldehydes is 1. The number of aliphatic hydroxyl groups is 1. The SMILES string of the molecule is N#Cc1ccnc2[nH]cc(C(=O)c3c(F)ccc(NS(=O)(=O)c4ccc(C(F)(F)F)cc4)c3F)c12.N#Cc1ccnc2[nH]cc(C(O)c3c(F)ccc(NS(=O)(=O)c4ccc(C(F)(F)F)cc4)c3F)c12.N#Cc1ccnc2[nH]ccc12.Nc1ccc(F)cc1F.O=Cc1c(F)ccc(NS(=O)(=O)c2ccc(C(F)(F)F)cc2)c1F.O=S(=O)(Cl)c1ccc(C(F)(F)F)cc1.O=S(=O)(Nc1ccc(F)cc1F)c1ccc(C(F)(F)F)cc1. The average Bonchev–Trinajstić information content (AvgIpc) is 1.58. The third-order valence-corrected chi connectivity index (χ3v) is 26.7. The Kier molecular flexibility index (Phi) is 35.5. The van der Waals surface area contributed by atoms with Crippen LogP contribution in [0.15, 0.2) is 280 Å². The zero-order valence-corrected chi connectivity index (χ0v) is 78.2. The second kappa shape index (κ2) is 46.2. The van der Waals surface area contributed by atoms with Crippen LogP contribution in [0.1, 0.15) is 88.0 Å². The van der Waals surface area contributed by atoms with Gasteiger partial charge in [-0.2, -0.15) is 81.6 Å². The van der Waals surface area contributed by atoms with Crippen molar-refractivity contribution in [2.24, 2.45) is 0 Å². The first-order valence-corrected chi connectivity index (χ1v) is 48.3. The maximum absolute atomic E-state index is 15.3. The van der Waals surface area contributed by atoms with Crippen LogP contribution in [0.2, 0.25) is 0 Å². The van der Waals surface area contributed by atoms with Gasteiger partial charge >= 0.3 is 30.9 Å². The third kappa shape index (κ3) is 28.4. The number of aliphatic hydroxyl groups excluding tert-OH is 1. The molecule has 16 aromatic rings. The lowest BCUT2D eigenvalue weighted by Gasteiger charge is -2.16. The van der Waals surface area contributed by atoms with Gasteiger partial charge in [0.15, 0.2) is 23.7 Å². The first-order chi connectivity index (χ1) is 69.8. The normalized spacial score (nSPS) is 12.0. The number of rotatable bonds is 18. The Morgan fingerprint density at radius 1 is 0.380 bits per heavy atom. The lowest BCUT2D eigenvalue weighted by atomic mass is 9.98. The highest BCUT2D eigenvalue weighted by Gasteiger charge is 2.38. The number of nitrogens with one attached hydrogen (secondary N) is 7. The number of aromatic amines is 3. The molecule has 6 heterocycles. The van der Waals surface area contributed by atoms with Gasteiger partial charge in [-0.25, -0.2) is 101 Å². The number of ketones is 1. The largest absolute Gasteiger partial charge is 0.416 e. The molecule has 27 nitrogen and oxygen atoms in total. The second-order valence-corrected chi connectivity index (χ2v) is 38.9. The van der Waals surface area contributed by atoms with Gasteiger partial charge in [-0.3, -0.25) is 28.5 Å². The van der Waals surface area contributed by atoms with Crippen LogP contribution < -0.4 is 24.6 Å². The van der Waals surface area contributed by atoms with Crippen molar-refractivity contribution in [3.8, 4) is 18.2 Å². The number of hydrogen-bond donors (Lipinski definition) is 9. The molecule has 0 aliphatic heterocycles. The fourth-order valence-electron chi connectivity index (χ4n) is 12.5. The van der Waals surface area contributed by atoms with Gasteiger partial charge in [0.25, 0.3) is 49.1 Å². The van der Waals surface area contributed by atoms with Crippen molar-refractivity contribution in [1.82, 2.24) is 29.9 Å². The molecule has 0 aliphatic carbocycles. The minimum atomic E-state index is -4.70. The molecule has 16 rings (SSSR count). The molecule has 0 spiro atoms. The van der Waals surface area contributed by atoms with Crippen LogP contribution in [0, 0.1) is 92.2 Å². The predicted molar refractivity (Wildman–Crippen MR) is 485 cm³/mol. The number of nitrogens with zero attached hydrogens (tertiary/aromatic N) is 6. The number of benzene rings is 10. The van der Waals surface area contributed by atoms with Gasteiger partial charge in [0.1, 0.15) is 63.8 Å². The highest BCUT2D eigenvalue weighted by molar-refractivity contribution is 8.13. The summed E-state index contributed by atoms with van der Waals surface area (Å²) >= 11 is 0. The minimum absolute atomic E-state index is 0.0135. The number of nitrogens with two attached hydrogens (primary N) is 1. The summed E-state index contributed by atoms with van der Waals surface area (Å²) in [5.74, 6) is -12.7. The van der Waals surface area contributed by atoms with Crippen LogP contribution in [0.4, 0.5) is 138 Å². The number of carbonyl (C=O) groups is 2. The summed E-state index contributed by atoms with van der Waals surface area (Å²) in [7, 11) is -16.9. The number of halogens is 26. The minimum Gasteiger partial charge on any atom is -0.396 e. The molecule has 0 aliphatic rings. The molecule has 150 heavy (non-hydrogen) atoms. The number of anilines is 5. The van der Waals surface area contributed by atoms with Crippen molar-refractivity contribution in [3.63, 3.8) is 0 Å². The first-order valence-electron chi connectivity index (χ1n) is 40.1. The molecule has 1 atom stereocenters. The summed E-state index contributed by atoms with van der Waals surface area (Å²) in [5, 5.41) is 39.1. The third-order valence-electron chi connectivity index (χ3n) is 19.8. The molecule has 0 amide bonds. The van der Waals surface area contributed by atoms with Crippen LogP contribution in [-0.2, 0) is 80.0 Å². The highest BCUT2D eigenvalue weighted by Crippen LogP contribution is 2.41. The van der Waals surface area contributed by atoms with Gasteiger partial charge < -0.3 is 25.8 Å². The van der Waals surface area contributed by atoms with E-state index in [4.69, 9.17) is 21.7 Å². The van der Waals surface area contributed by atoms with Gasteiger partial charge in [-0.15, -0.1) is 0 Å². The Hall–Kier alpha value is -16.7. The van der Waals surface area contributed by atoms with E-state index >= 15 is 8.78 Å². The molecular weight excluding hydrogens is 2180 g/mol. The smallest absolute Gasteiger partial charge is 0.396 e. The molecule has 0 fully saturated rings. The van der Waals surface area contributed by atoms with E-state index in [0.717, 1.165) is 84.0 Å². The molecule has 0 saturated heterocycles. The predicted octanol–water partition coefficient (Wildman–Crippen LogP) is 22.4. The summed E-state index contributed by atoms with van der Waals surface area (Å²) in [4.78, 5) is 41.2. The van der Waals surface area contributed by atoms with E-state index in [9.17, 15) is 168 Å². The number of nitrogen functional groups attached to an aromatic ring is 1.